The minimum absolute atomic E-state index is 0.0802. The van der Waals surface area contributed by atoms with Crippen LogP contribution in [0.5, 0.6) is 0 Å². The number of thioether (sulfide) groups is 1. The van der Waals surface area contributed by atoms with Gasteiger partial charge in [0.1, 0.15) is 0 Å². The Kier molecular flexibility index (Phi) is 4.58. The number of H-pyrrole nitrogens is 2. The van der Waals surface area contributed by atoms with Crippen LogP contribution in [0.4, 0.5) is 0 Å². The third-order valence-electron chi connectivity index (χ3n) is 4.58. The lowest BCUT2D eigenvalue weighted by Crippen LogP contribution is -2.14. The minimum Gasteiger partial charge on any atom is -0.358 e. The van der Waals surface area contributed by atoms with Crippen molar-refractivity contribution in [2.45, 2.75) is 31.2 Å². The Morgan fingerprint density at radius 2 is 1.81 bits per heavy atom. The first-order chi connectivity index (χ1) is 13.0. The standard InChI is InChI=1S/C21H20N4OS/c1-12-8-10-15(11-9-12)20-23-21(25-24-20)27-14(3)19(26)18-13(2)22-17-7-5-4-6-16(17)18/h4-11,14,22H,1-3H3,(H,23,24,25). The number of nitrogens with zero attached hydrogens (tertiary/aromatic N) is 2. The van der Waals surface area contributed by atoms with Gasteiger partial charge < -0.3 is 4.98 Å². The molecule has 27 heavy (non-hydrogen) atoms. The van der Waals surface area contributed by atoms with E-state index in [1.54, 1.807) is 0 Å². The molecule has 2 N–H and O–H groups in total. The summed E-state index contributed by atoms with van der Waals surface area (Å²) in [7, 11) is 0. The zero-order valence-corrected chi connectivity index (χ0v) is 16.2. The van der Waals surface area contributed by atoms with Gasteiger partial charge in [-0.3, -0.25) is 9.89 Å². The van der Waals surface area contributed by atoms with Gasteiger partial charge in [-0.15, -0.1) is 5.10 Å². The average molecular weight is 376 g/mol. The van der Waals surface area contributed by atoms with E-state index in [4.69, 9.17) is 0 Å². The summed E-state index contributed by atoms with van der Waals surface area (Å²) in [5.74, 6) is 0.789. The first-order valence-electron chi connectivity index (χ1n) is 8.80. The highest BCUT2D eigenvalue weighted by Gasteiger charge is 2.23. The Bertz CT molecular complexity index is 1110. The molecule has 0 radical (unpaired) electrons. The number of aromatic nitrogens is 4. The topological polar surface area (TPSA) is 74.4 Å². The molecular formula is C21H20N4OS. The molecule has 1 atom stereocenters. The normalized spacial score (nSPS) is 12.4. The number of nitrogens with one attached hydrogen (secondary N) is 2. The maximum Gasteiger partial charge on any atom is 0.209 e. The van der Waals surface area contributed by atoms with Crippen LogP contribution < -0.4 is 0 Å². The van der Waals surface area contributed by atoms with Crippen molar-refractivity contribution in [1.29, 1.82) is 0 Å². The Labute approximate surface area is 161 Å². The minimum atomic E-state index is -0.287. The van der Waals surface area contributed by atoms with Gasteiger partial charge in [0, 0.05) is 27.7 Å². The van der Waals surface area contributed by atoms with Crippen molar-refractivity contribution in [2.75, 3.05) is 0 Å². The van der Waals surface area contributed by atoms with Crippen molar-refractivity contribution < 1.29 is 4.79 Å². The molecule has 136 valence electrons. The molecule has 0 saturated carbocycles. The Hall–Kier alpha value is -2.86. The maximum atomic E-state index is 13.1. The third-order valence-corrected chi connectivity index (χ3v) is 5.54. The number of ketones is 1. The number of rotatable bonds is 5. The fraction of sp³-hybridized carbons (Fsp3) is 0.190. The van der Waals surface area contributed by atoms with E-state index in [2.05, 4.69) is 20.2 Å². The van der Waals surface area contributed by atoms with E-state index >= 15 is 0 Å². The zero-order chi connectivity index (χ0) is 19.0. The van der Waals surface area contributed by atoms with Crippen LogP contribution >= 0.6 is 11.8 Å². The van der Waals surface area contributed by atoms with E-state index < -0.39 is 0 Å². The second-order valence-electron chi connectivity index (χ2n) is 6.63. The molecule has 1 unspecified atom stereocenters. The number of benzene rings is 2. The number of carbonyl (C=O) groups is 1. The summed E-state index contributed by atoms with van der Waals surface area (Å²) >= 11 is 1.37. The highest BCUT2D eigenvalue weighted by molar-refractivity contribution is 8.00. The first kappa shape index (κ1) is 17.5. The van der Waals surface area contributed by atoms with Crippen LogP contribution in [0.15, 0.2) is 53.7 Å². The molecule has 0 spiro atoms. The van der Waals surface area contributed by atoms with Crippen LogP contribution in [0.25, 0.3) is 22.3 Å². The van der Waals surface area contributed by atoms with E-state index in [1.807, 2.05) is 69.3 Å². The molecule has 0 saturated heterocycles. The van der Waals surface area contributed by atoms with Crippen molar-refractivity contribution in [3.05, 3.63) is 65.4 Å². The van der Waals surface area contributed by atoms with Crippen molar-refractivity contribution in [2.24, 2.45) is 0 Å². The predicted molar refractivity (Wildman–Crippen MR) is 109 cm³/mol. The van der Waals surface area contributed by atoms with E-state index in [0.717, 1.165) is 27.7 Å². The summed E-state index contributed by atoms with van der Waals surface area (Å²) in [6.07, 6.45) is 0. The molecule has 0 fully saturated rings. The summed E-state index contributed by atoms with van der Waals surface area (Å²) in [6.45, 7) is 5.88. The molecule has 4 aromatic rings. The smallest absolute Gasteiger partial charge is 0.209 e. The number of aryl methyl sites for hydroxylation is 2. The summed E-state index contributed by atoms with van der Waals surface area (Å²) < 4.78 is 0. The lowest BCUT2D eigenvalue weighted by atomic mass is 10.1. The molecule has 0 aliphatic heterocycles. The van der Waals surface area contributed by atoms with Crippen LogP contribution in [0.3, 0.4) is 0 Å². The number of aromatic amines is 2. The van der Waals surface area contributed by atoms with Gasteiger partial charge in [-0.1, -0.05) is 59.8 Å². The van der Waals surface area contributed by atoms with Gasteiger partial charge in [0.15, 0.2) is 11.6 Å². The lowest BCUT2D eigenvalue weighted by molar-refractivity contribution is 0.0995. The Balaban J connectivity index is 1.55. The second kappa shape index (κ2) is 7.04. The Morgan fingerprint density at radius 3 is 2.59 bits per heavy atom. The molecular weight excluding hydrogens is 356 g/mol. The van der Waals surface area contributed by atoms with E-state index in [1.165, 1.54) is 17.3 Å². The number of carbonyl (C=O) groups excluding carboxylic acids is 1. The molecule has 2 aromatic carbocycles. The van der Waals surface area contributed by atoms with Gasteiger partial charge in [-0.25, -0.2) is 4.98 Å². The van der Waals surface area contributed by atoms with Gasteiger partial charge in [0.25, 0.3) is 0 Å². The number of para-hydroxylation sites is 1. The maximum absolute atomic E-state index is 13.1. The van der Waals surface area contributed by atoms with Crippen molar-refractivity contribution in [3.8, 4) is 11.4 Å². The largest absolute Gasteiger partial charge is 0.358 e. The van der Waals surface area contributed by atoms with E-state index in [-0.39, 0.29) is 11.0 Å². The quantitative estimate of drug-likeness (QED) is 0.382. The number of Topliss-reactive ketones (excluding diaryl/α,β-unsaturated/α-hetero) is 1. The highest BCUT2D eigenvalue weighted by Crippen LogP contribution is 2.29. The van der Waals surface area contributed by atoms with Crippen molar-refractivity contribution in [3.63, 3.8) is 0 Å². The highest BCUT2D eigenvalue weighted by atomic mass is 32.2. The summed E-state index contributed by atoms with van der Waals surface area (Å²) in [4.78, 5) is 20.9. The van der Waals surface area contributed by atoms with Gasteiger partial charge in [0.2, 0.25) is 5.16 Å². The zero-order valence-electron chi connectivity index (χ0n) is 15.4. The molecule has 0 bridgehead atoms. The molecule has 2 aromatic heterocycles. The molecule has 0 amide bonds. The lowest BCUT2D eigenvalue weighted by Gasteiger charge is -2.08. The SMILES string of the molecule is Cc1ccc(-c2nc(SC(C)C(=O)c3c(C)[nH]c4ccccc34)n[nH]2)cc1. The van der Waals surface area contributed by atoms with E-state index in [0.29, 0.717) is 11.0 Å². The molecule has 4 rings (SSSR count). The van der Waals surface area contributed by atoms with Crippen molar-refractivity contribution in [1.82, 2.24) is 20.2 Å². The average Bonchev–Trinajstić information content (AvgIpc) is 3.25. The van der Waals surface area contributed by atoms with Gasteiger partial charge in [-0.2, -0.15) is 0 Å². The number of hydrogen-bond donors (Lipinski definition) is 2. The predicted octanol–water partition coefficient (Wildman–Crippen LogP) is 4.93. The summed E-state index contributed by atoms with van der Waals surface area (Å²) in [5.41, 5.74) is 4.80. The Morgan fingerprint density at radius 1 is 1.07 bits per heavy atom. The van der Waals surface area contributed by atoms with Crippen LogP contribution in [-0.2, 0) is 0 Å². The molecule has 0 aliphatic carbocycles. The van der Waals surface area contributed by atoms with Crippen LogP contribution in [0, 0.1) is 13.8 Å². The first-order valence-corrected chi connectivity index (χ1v) is 9.68. The second-order valence-corrected chi connectivity index (χ2v) is 7.94. The van der Waals surface area contributed by atoms with Gasteiger partial charge in [-0.05, 0) is 26.8 Å². The molecule has 6 heteroatoms. The fourth-order valence-corrected chi connectivity index (χ4v) is 3.93. The third kappa shape index (κ3) is 3.40. The molecule has 2 heterocycles. The van der Waals surface area contributed by atoms with Gasteiger partial charge in [0.05, 0.1) is 5.25 Å². The van der Waals surface area contributed by atoms with Gasteiger partial charge >= 0.3 is 0 Å². The number of hydrogen-bond acceptors (Lipinski definition) is 4. The molecule has 0 aliphatic rings. The van der Waals surface area contributed by atoms with Crippen molar-refractivity contribution >= 4 is 28.4 Å². The van der Waals surface area contributed by atoms with E-state index in [9.17, 15) is 4.79 Å². The monoisotopic (exact) mass is 376 g/mol. The van der Waals surface area contributed by atoms with Crippen LogP contribution in [0.1, 0.15) is 28.5 Å². The van der Waals surface area contributed by atoms with Crippen LogP contribution in [0.2, 0.25) is 0 Å². The summed E-state index contributed by atoms with van der Waals surface area (Å²) in [6, 6.07) is 16.0. The fourth-order valence-electron chi connectivity index (χ4n) is 3.15. The summed E-state index contributed by atoms with van der Waals surface area (Å²) in [5, 5.41) is 8.48. The number of fused-ring (bicyclic) bond motifs is 1. The van der Waals surface area contributed by atoms with Crippen LogP contribution in [-0.4, -0.2) is 31.2 Å². The molecule has 5 nitrogen and oxygen atoms in total.